The number of anilines is 1. The molecule has 0 atom stereocenters. The summed E-state index contributed by atoms with van der Waals surface area (Å²) < 4.78 is -2.04. The molecule has 1 aromatic rings. The predicted molar refractivity (Wildman–Crippen MR) is 63.2 cm³/mol. The highest BCUT2D eigenvalue weighted by Crippen LogP contribution is 2.28. The summed E-state index contributed by atoms with van der Waals surface area (Å²) in [7, 11) is 0. The SMILES string of the molecule is O=C(Nc1cc(Cl)nc(Cl)c1)C(Cl)(Cl)Cl. The van der Waals surface area contributed by atoms with Gasteiger partial charge in [0.15, 0.2) is 0 Å². The third-order valence-electron chi connectivity index (χ3n) is 1.28. The number of pyridine rings is 1. The van der Waals surface area contributed by atoms with Gasteiger partial charge >= 0.3 is 0 Å². The number of rotatable bonds is 1. The molecule has 0 aromatic carbocycles. The van der Waals surface area contributed by atoms with E-state index in [1.165, 1.54) is 12.1 Å². The van der Waals surface area contributed by atoms with Gasteiger partial charge in [-0.3, -0.25) is 4.79 Å². The monoisotopic (exact) mass is 306 g/mol. The Balaban J connectivity index is 2.86. The molecule has 1 amide bonds. The molecule has 0 aliphatic carbocycles. The Morgan fingerprint density at radius 3 is 2.07 bits per heavy atom. The zero-order chi connectivity index (χ0) is 11.6. The lowest BCUT2D eigenvalue weighted by Crippen LogP contribution is -2.26. The molecule has 15 heavy (non-hydrogen) atoms. The van der Waals surface area contributed by atoms with Crippen LogP contribution >= 0.6 is 58.0 Å². The molecule has 82 valence electrons. The Hall–Kier alpha value is 0.0700. The molecule has 0 saturated heterocycles. The molecule has 0 radical (unpaired) electrons. The van der Waals surface area contributed by atoms with Crippen LogP contribution in [0.2, 0.25) is 10.3 Å². The van der Waals surface area contributed by atoms with Crippen molar-refractivity contribution in [2.45, 2.75) is 3.79 Å². The van der Waals surface area contributed by atoms with Gasteiger partial charge in [-0.05, 0) is 12.1 Å². The van der Waals surface area contributed by atoms with Gasteiger partial charge in [0.05, 0.1) is 0 Å². The van der Waals surface area contributed by atoms with Gasteiger partial charge < -0.3 is 5.32 Å². The maximum Gasteiger partial charge on any atom is 0.276 e. The van der Waals surface area contributed by atoms with Crippen LogP contribution in [0.5, 0.6) is 0 Å². The first-order chi connectivity index (χ1) is 6.79. The van der Waals surface area contributed by atoms with Crippen molar-refractivity contribution in [3.8, 4) is 0 Å². The van der Waals surface area contributed by atoms with E-state index in [-0.39, 0.29) is 10.3 Å². The summed E-state index contributed by atoms with van der Waals surface area (Å²) in [5.41, 5.74) is 0.302. The first kappa shape index (κ1) is 13.1. The molecule has 0 spiro atoms. The number of amides is 1. The molecule has 1 N–H and O–H groups in total. The summed E-state index contributed by atoms with van der Waals surface area (Å²) in [4.78, 5) is 14.9. The molecule has 1 rings (SSSR count). The number of carbonyl (C=O) groups excluding carboxylic acids is 1. The van der Waals surface area contributed by atoms with E-state index >= 15 is 0 Å². The van der Waals surface area contributed by atoms with Crippen LogP contribution < -0.4 is 5.32 Å². The number of hydrogen-bond donors (Lipinski definition) is 1. The highest BCUT2D eigenvalue weighted by Gasteiger charge is 2.30. The summed E-state index contributed by atoms with van der Waals surface area (Å²) >= 11 is 27.3. The molecule has 0 fully saturated rings. The van der Waals surface area contributed by atoms with Crippen molar-refractivity contribution in [2.24, 2.45) is 0 Å². The van der Waals surface area contributed by atoms with Crippen molar-refractivity contribution < 1.29 is 4.79 Å². The van der Waals surface area contributed by atoms with Gasteiger partial charge in [-0.1, -0.05) is 58.0 Å². The second-order valence-electron chi connectivity index (χ2n) is 2.45. The number of aromatic nitrogens is 1. The zero-order valence-electron chi connectivity index (χ0n) is 6.90. The lowest BCUT2D eigenvalue weighted by Gasteiger charge is -2.11. The van der Waals surface area contributed by atoms with Crippen molar-refractivity contribution in [1.82, 2.24) is 4.98 Å². The molecule has 3 nitrogen and oxygen atoms in total. The van der Waals surface area contributed by atoms with Gasteiger partial charge in [0.2, 0.25) is 0 Å². The molecule has 8 heteroatoms. The third-order valence-corrected chi connectivity index (χ3v) is 2.18. The Morgan fingerprint density at radius 1 is 1.20 bits per heavy atom. The van der Waals surface area contributed by atoms with Crippen molar-refractivity contribution in [2.75, 3.05) is 5.32 Å². The standard InChI is InChI=1S/C7H3Cl5N2O/c8-4-1-3(2-5(9)14-4)13-6(15)7(10,11)12/h1-2H,(H,13,14,15). The lowest BCUT2D eigenvalue weighted by molar-refractivity contribution is -0.115. The predicted octanol–water partition coefficient (Wildman–Crippen LogP) is 3.70. The topological polar surface area (TPSA) is 42.0 Å². The molecule has 0 bridgehead atoms. The van der Waals surface area contributed by atoms with E-state index in [4.69, 9.17) is 58.0 Å². The molecule has 0 saturated carbocycles. The summed E-state index contributed by atoms with van der Waals surface area (Å²) in [6.07, 6.45) is 0. The number of hydrogen-bond acceptors (Lipinski definition) is 2. The van der Waals surface area contributed by atoms with Crippen LogP contribution in [-0.2, 0) is 4.79 Å². The van der Waals surface area contributed by atoms with Gasteiger partial charge in [-0.25, -0.2) is 4.98 Å². The Bertz CT molecular complexity index is 369. The van der Waals surface area contributed by atoms with Gasteiger partial charge in [-0.2, -0.15) is 0 Å². The van der Waals surface area contributed by atoms with Gasteiger partial charge in [-0.15, -0.1) is 0 Å². The van der Waals surface area contributed by atoms with Crippen LogP contribution in [0.15, 0.2) is 12.1 Å². The number of halogens is 5. The number of carbonyl (C=O) groups is 1. The van der Waals surface area contributed by atoms with Crippen LogP contribution in [0.1, 0.15) is 0 Å². The van der Waals surface area contributed by atoms with Crippen LogP contribution in [0.4, 0.5) is 5.69 Å². The molecule has 0 aliphatic rings. The Morgan fingerprint density at radius 2 is 1.67 bits per heavy atom. The largest absolute Gasteiger partial charge is 0.322 e. The Labute approximate surface area is 111 Å². The van der Waals surface area contributed by atoms with Crippen LogP contribution in [0.3, 0.4) is 0 Å². The molecular formula is C7H3Cl5N2O. The van der Waals surface area contributed by atoms with Crippen molar-refractivity contribution in [3.05, 3.63) is 22.4 Å². The maximum absolute atomic E-state index is 11.2. The summed E-state index contributed by atoms with van der Waals surface area (Å²) in [5.74, 6) is -0.800. The fourth-order valence-corrected chi connectivity index (χ4v) is 1.34. The second kappa shape index (κ2) is 4.93. The minimum Gasteiger partial charge on any atom is -0.322 e. The van der Waals surface area contributed by atoms with Crippen LogP contribution in [0.25, 0.3) is 0 Å². The van der Waals surface area contributed by atoms with E-state index in [0.717, 1.165) is 0 Å². The highest BCUT2D eigenvalue weighted by molar-refractivity contribution is 6.76. The quantitative estimate of drug-likeness (QED) is 0.635. The molecule has 1 aromatic heterocycles. The average molecular weight is 308 g/mol. The first-order valence-electron chi connectivity index (χ1n) is 3.50. The van der Waals surface area contributed by atoms with Crippen LogP contribution in [0, 0.1) is 0 Å². The van der Waals surface area contributed by atoms with E-state index in [1.54, 1.807) is 0 Å². The van der Waals surface area contributed by atoms with Gasteiger partial charge in [0, 0.05) is 5.69 Å². The fraction of sp³-hybridized carbons (Fsp3) is 0.143. The Kier molecular flexibility index (Phi) is 4.32. The zero-order valence-corrected chi connectivity index (χ0v) is 10.7. The van der Waals surface area contributed by atoms with Crippen molar-refractivity contribution in [3.63, 3.8) is 0 Å². The second-order valence-corrected chi connectivity index (χ2v) is 5.51. The van der Waals surface area contributed by atoms with Gasteiger partial charge in [0.25, 0.3) is 9.70 Å². The highest BCUT2D eigenvalue weighted by atomic mass is 35.6. The number of nitrogens with one attached hydrogen (secondary N) is 1. The molecule has 1 heterocycles. The third kappa shape index (κ3) is 4.21. The number of nitrogens with zero attached hydrogens (tertiary/aromatic N) is 1. The minimum atomic E-state index is -2.04. The summed E-state index contributed by atoms with van der Waals surface area (Å²) in [6, 6.07) is 2.75. The number of alkyl halides is 3. The van der Waals surface area contributed by atoms with E-state index in [1.807, 2.05) is 0 Å². The van der Waals surface area contributed by atoms with E-state index in [9.17, 15) is 4.79 Å². The smallest absolute Gasteiger partial charge is 0.276 e. The van der Waals surface area contributed by atoms with E-state index in [2.05, 4.69) is 10.3 Å². The minimum absolute atomic E-state index is 0.127. The van der Waals surface area contributed by atoms with Crippen molar-refractivity contribution >= 4 is 69.6 Å². The van der Waals surface area contributed by atoms with E-state index in [0.29, 0.717) is 5.69 Å². The average Bonchev–Trinajstić information content (AvgIpc) is 1.99. The van der Waals surface area contributed by atoms with E-state index < -0.39 is 9.70 Å². The summed E-state index contributed by atoms with van der Waals surface area (Å²) in [6.45, 7) is 0. The summed E-state index contributed by atoms with van der Waals surface area (Å²) in [5, 5.41) is 2.57. The molecular weight excluding hydrogens is 305 g/mol. The fourth-order valence-electron chi connectivity index (χ4n) is 0.739. The molecule has 0 aliphatic heterocycles. The maximum atomic E-state index is 11.2. The van der Waals surface area contributed by atoms with Crippen LogP contribution in [-0.4, -0.2) is 14.7 Å². The van der Waals surface area contributed by atoms with Gasteiger partial charge in [0.1, 0.15) is 10.3 Å². The lowest BCUT2D eigenvalue weighted by atomic mass is 10.4. The van der Waals surface area contributed by atoms with Crippen molar-refractivity contribution in [1.29, 1.82) is 0 Å². The first-order valence-corrected chi connectivity index (χ1v) is 5.39. The normalized spacial score (nSPS) is 11.3. The molecule has 0 unspecified atom stereocenters.